The van der Waals surface area contributed by atoms with Crippen LogP contribution in [0.1, 0.15) is 30.1 Å². The molecule has 0 aliphatic heterocycles. The zero-order valence-corrected chi connectivity index (χ0v) is 15.5. The van der Waals surface area contributed by atoms with E-state index in [-0.39, 0.29) is 18.7 Å². The maximum absolute atomic E-state index is 11.9. The second-order valence-corrected chi connectivity index (χ2v) is 5.95. The number of hydrogen-bond donors (Lipinski definition) is 3. The van der Waals surface area contributed by atoms with Crippen LogP contribution in [0, 0.1) is 0 Å². The van der Waals surface area contributed by atoms with Crippen LogP contribution in [-0.2, 0) is 9.59 Å². The second-order valence-electron chi connectivity index (χ2n) is 5.52. The van der Waals surface area contributed by atoms with E-state index in [2.05, 4.69) is 16.2 Å². The minimum absolute atomic E-state index is 0.0217. The number of hydrogen-bond acceptors (Lipinski definition) is 4. The molecule has 8 heteroatoms. The molecule has 27 heavy (non-hydrogen) atoms. The van der Waals surface area contributed by atoms with Crippen molar-refractivity contribution in [2.75, 3.05) is 11.9 Å². The number of hydrazine groups is 1. The molecule has 3 amide bonds. The first-order chi connectivity index (χ1) is 13.0. The van der Waals surface area contributed by atoms with Gasteiger partial charge in [0.15, 0.2) is 0 Å². The molecule has 0 aliphatic rings. The highest BCUT2D eigenvalue weighted by atomic mass is 35.5. The molecule has 2 aromatic carbocycles. The van der Waals surface area contributed by atoms with Gasteiger partial charge in [-0.15, -0.1) is 0 Å². The Balaban J connectivity index is 1.71. The van der Waals surface area contributed by atoms with E-state index in [0.717, 1.165) is 0 Å². The number of carbonyl (C=O) groups is 3. The molecule has 0 fully saturated rings. The average Bonchev–Trinajstić information content (AvgIpc) is 2.66. The van der Waals surface area contributed by atoms with Crippen molar-refractivity contribution in [3.8, 4) is 5.75 Å². The monoisotopic (exact) mass is 389 g/mol. The molecule has 0 saturated heterocycles. The molecule has 0 saturated carbocycles. The van der Waals surface area contributed by atoms with Crippen LogP contribution in [0.3, 0.4) is 0 Å². The van der Waals surface area contributed by atoms with Crippen LogP contribution in [0.5, 0.6) is 5.75 Å². The van der Waals surface area contributed by atoms with Gasteiger partial charge >= 0.3 is 0 Å². The lowest BCUT2D eigenvalue weighted by Gasteiger charge is -2.09. The summed E-state index contributed by atoms with van der Waals surface area (Å²) in [6.07, 6.45) is -0.0925. The number of nitrogens with one attached hydrogen (secondary N) is 3. The first-order valence-electron chi connectivity index (χ1n) is 8.35. The number of halogens is 1. The van der Waals surface area contributed by atoms with E-state index in [1.54, 1.807) is 42.5 Å². The summed E-state index contributed by atoms with van der Waals surface area (Å²) in [6.45, 7) is 2.45. The van der Waals surface area contributed by atoms with Crippen LogP contribution in [0.4, 0.5) is 5.69 Å². The molecule has 0 unspecified atom stereocenters. The number of amides is 3. The molecule has 2 rings (SSSR count). The molecule has 0 radical (unpaired) electrons. The van der Waals surface area contributed by atoms with Crippen molar-refractivity contribution in [3.63, 3.8) is 0 Å². The summed E-state index contributed by atoms with van der Waals surface area (Å²) in [7, 11) is 0. The quantitative estimate of drug-likeness (QED) is 0.634. The summed E-state index contributed by atoms with van der Waals surface area (Å²) in [5.74, 6) is -0.572. The molecule has 0 atom stereocenters. The van der Waals surface area contributed by atoms with Crippen molar-refractivity contribution < 1.29 is 19.1 Å². The van der Waals surface area contributed by atoms with Crippen LogP contribution in [0.15, 0.2) is 48.5 Å². The maximum atomic E-state index is 11.9. The molecule has 7 nitrogen and oxygen atoms in total. The van der Waals surface area contributed by atoms with Gasteiger partial charge in [0.25, 0.3) is 5.91 Å². The van der Waals surface area contributed by atoms with Gasteiger partial charge in [-0.05, 0) is 49.4 Å². The molecule has 3 N–H and O–H groups in total. The van der Waals surface area contributed by atoms with E-state index in [1.165, 1.54) is 6.07 Å². The summed E-state index contributed by atoms with van der Waals surface area (Å²) >= 11 is 5.81. The summed E-state index contributed by atoms with van der Waals surface area (Å²) in [5, 5.41) is 3.10. The van der Waals surface area contributed by atoms with E-state index in [9.17, 15) is 14.4 Å². The fraction of sp³-hybridized carbons (Fsp3) is 0.211. The SMILES string of the molecule is CCOc1ccc(NC(=O)CCC(=O)NNC(=O)c2cccc(Cl)c2)cc1. The number of benzene rings is 2. The van der Waals surface area contributed by atoms with Crippen molar-refractivity contribution in [3.05, 3.63) is 59.1 Å². The fourth-order valence-corrected chi connectivity index (χ4v) is 2.33. The third kappa shape index (κ3) is 6.99. The standard InChI is InChI=1S/C19H20ClN3O4/c1-2-27-16-8-6-15(7-9-16)21-17(24)10-11-18(25)22-23-19(26)13-4-3-5-14(20)12-13/h3-9,12H,2,10-11H2,1H3,(H,21,24)(H,22,25)(H,23,26). The molecule has 2 aromatic rings. The predicted octanol–water partition coefficient (Wildman–Crippen LogP) is 2.92. The molecule has 0 aliphatic carbocycles. The van der Waals surface area contributed by atoms with Crippen LogP contribution >= 0.6 is 11.6 Å². The Bertz CT molecular complexity index is 809. The average molecular weight is 390 g/mol. The van der Waals surface area contributed by atoms with Gasteiger partial charge in [0, 0.05) is 29.1 Å². The Morgan fingerprint density at radius 3 is 2.33 bits per heavy atom. The zero-order valence-electron chi connectivity index (χ0n) is 14.8. The lowest BCUT2D eigenvalue weighted by Crippen LogP contribution is -2.41. The van der Waals surface area contributed by atoms with Gasteiger partial charge in [0.1, 0.15) is 5.75 Å². The van der Waals surface area contributed by atoms with Gasteiger partial charge < -0.3 is 10.1 Å². The zero-order chi connectivity index (χ0) is 19.6. The summed E-state index contributed by atoms with van der Waals surface area (Å²) in [5.41, 5.74) is 5.46. The fourth-order valence-electron chi connectivity index (χ4n) is 2.14. The van der Waals surface area contributed by atoms with Crippen LogP contribution in [0.2, 0.25) is 5.02 Å². The van der Waals surface area contributed by atoms with E-state index in [0.29, 0.717) is 28.6 Å². The van der Waals surface area contributed by atoms with Gasteiger partial charge in [0.05, 0.1) is 6.61 Å². The minimum atomic E-state index is -0.496. The Kier molecular flexibility index (Phi) is 7.63. The lowest BCUT2D eigenvalue weighted by molar-refractivity contribution is -0.124. The van der Waals surface area contributed by atoms with E-state index in [1.807, 2.05) is 6.92 Å². The summed E-state index contributed by atoms with van der Waals surface area (Å²) in [4.78, 5) is 35.6. The highest BCUT2D eigenvalue weighted by Gasteiger charge is 2.10. The first-order valence-corrected chi connectivity index (χ1v) is 8.73. The van der Waals surface area contributed by atoms with Gasteiger partial charge in [-0.25, -0.2) is 0 Å². The van der Waals surface area contributed by atoms with Crippen LogP contribution in [-0.4, -0.2) is 24.3 Å². The van der Waals surface area contributed by atoms with Gasteiger partial charge in [-0.3, -0.25) is 25.2 Å². The predicted molar refractivity (Wildman–Crippen MR) is 103 cm³/mol. The molecule has 0 bridgehead atoms. The van der Waals surface area contributed by atoms with Crippen molar-refractivity contribution >= 4 is 35.0 Å². The Morgan fingerprint density at radius 2 is 1.67 bits per heavy atom. The molecule has 0 spiro atoms. The number of carbonyl (C=O) groups excluding carboxylic acids is 3. The highest BCUT2D eigenvalue weighted by Crippen LogP contribution is 2.16. The van der Waals surface area contributed by atoms with Gasteiger partial charge in [0.2, 0.25) is 11.8 Å². The highest BCUT2D eigenvalue weighted by molar-refractivity contribution is 6.30. The van der Waals surface area contributed by atoms with Gasteiger partial charge in [-0.1, -0.05) is 17.7 Å². The third-order valence-corrected chi connectivity index (χ3v) is 3.67. The minimum Gasteiger partial charge on any atom is -0.494 e. The van der Waals surface area contributed by atoms with Crippen molar-refractivity contribution in [1.82, 2.24) is 10.9 Å². The normalized spacial score (nSPS) is 10.0. The van der Waals surface area contributed by atoms with E-state index >= 15 is 0 Å². The molecule has 0 aromatic heterocycles. The Morgan fingerprint density at radius 1 is 0.963 bits per heavy atom. The summed E-state index contributed by atoms with van der Waals surface area (Å²) in [6, 6.07) is 13.2. The van der Waals surface area contributed by atoms with Gasteiger partial charge in [-0.2, -0.15) is 0 Å². The van der Waals surface area contributed by atoms with E-state index in [4.69, 9.17) is 16.3 Å². The molecular weight excluding hydrogens is 370 g/mol. The van der Waals surface area contributed by atoms with Crippen molar-refractivity contribution in [1.29, 1.82) is 0 Å². The molecular formula is C19H20ClN3O4. The smallest absolute Gasteiger partial charge is 0.269 e. The number of anilines is 1. The molecule has 0 heterocycles. The second kappa shape index (κ2) is 10.2. The topological polar surface area (TPSA) is 96.5 Å². The lowest BCUT2D eigenvalue weighted by atomic mass is 10.2. The van der Waals surface area contributed by atoms with E-state index < -0.39 is 11.8 Å². The third-order valence-electron chi connectivity index (χ3n) is 3.43. The van der Waals surface area contributed by atoms with Crippen LogP contribution in [0.25, 0.3) is 0 Å². The Hall–Kier alpha value is -3.06. The summed E-state index contributed by atoms with van der Waals surface area (Å²) < 4.78 is 5.32. The van der Waals surface area contributed by atoms with Crippen molar-refractivity contribution in [2.45, 2.75) is 19.8 Å². The number of ether oxygens (including phenoxy) is 1. The van der Waals surface area contributed by atoms with Crippen molar-refractivity contribution in [2.24, 2.45) is 0 Å². The largest absolute Gasteiger partial charge is 0.494 e. The Labute approximate surface area is 162 Å². The molecule has 142 valence electrons. The maximum Gasteiger partial charge on any atom is 0.269 e. The first kappa shape index (κ1) is 20.3. The number of rotatable bonds is 7. The van der Waals surface area contributed by atoms with Crippen LogP contribution < -0.4 is 20.9 Å².